The Morgan fingerprint density at radius 3 is 2.18 bits per heavy atom. The van der Waals surface area contributed by atoms with Crippen LogP contribution in [0.1, 0.15) is 74.6 Å². The Kier molecular flexibility index (Phi) is 6.32. The molecule has 0 radical (unpaired) electrons. The maximum Gasteiger partial charge on any atom is 0.123 e. The van der Waals surface area contributed by atoms with Crippen LogP contribution in [-0.4, -0.2) is 42.0 Å². The first-order valence-electron chi connectivity index (χ1n) is 13.1. The SMILES string of the molecule is Cc1c(C2(N(C)C3CCCCC3)CCC(c3cccc(F)c3)(N(C)C)CC2)[nH]c2ccccc12. The Morgan fingerprint density at radius 2 is 1.53 bits per heavy atom. The highest BCUT2D eigenvalue weighted by molar-refractivity contribution is 5.84. The van der Waals surface area contributed by atoms with Crippen LogP contribution in [0.25, 0.3) is 10.9 Å². The Morgan fingerprint density at radius 1 is 0.853 bits per heavy atom. The second kappa shape index (κ2) is 9.13. The van der Waals surface area contributed by atoms with Crippen LogP contribution in [0.15, 0.2) is 48.5 Å². The van der Waals surface area contributed by atoms with Gasteiger partial charge in [0.25, 0.3) is 0 Å². The fourth-order valence-corrected chi connectivity index (χ4v) is 7.19. The Balaban J connectivity index is 1.58. The molecule has 3 aromatic rings. The van der Waals surface area contributed by atoms with Gasteiger partial charge in [-0.05, 0) is 95.9 Å². The molecule has 0 spiro atoms. The number of H-pyrrole nitrogens is 1. The number of aryl methyl sites for hydroxylation is 1. The molecule has 0 saturated heterocycles. The highest BCUT2D eigenvalue weighted by Gasteiger charge is 2.50. The third kappa shape index (κ3) is 3.79. The number of benzene rings is 2. The first kappa shape index (κ1) is 23.6. The van der Waals surface area contributed by atoms with E-state index in [1.807, 2.05) is 6.07 Å². The van der Waals surface area contributed by atoms with Gasteiger partial charge < -0.3 is 4.98 Å². The van der Waals surface area contributed by atoms with E-state index in [1.165, 1.54) is 54.3 Å². The summed E-state index contributed by atoms with van der Waals surface area (Å²) in [6.45, 7) is 2.30. The van der Waals surface area contributed by atoms with E-state index in [-0.39, 0.29) is 16.9 Å². The number of aromatic amines is 1. The van der Waals surface area contributed by atoms with Gasteiger partial charge in [-0.3, -0.25) is 9.80 Å². The fourth-order valence-electron chi connectivity index (χ4n) is 7.19. The smallest absolute Gasteiger partial charge is 0.123 e. The Bertz CT molecular complexity index is 1130. The van der Waals surface area contributed by atoms with Crippen molar-refractivity contribution in [1.29, 1.82) is 0 Å². The molecule has 0 atom stereocenters. The molecule has 34 heavy (non-hydrogen) atoms. The Hall–Kier alpha value is -2.17. The number of halogens is 1. The number of hydrogen-bond acceptors (Lipinski definition) is 2. The number of fused-ring (bicyclic) bond motifs is 1. The summed E-state index contributed by atoms with van der Waals surface area (Å²) in [6, 6.07) is 16.7. The monoisotopic (exact) mass is 461 g/mol. The number of aromatic nitrogens is 1. The summed E-state index contributed by atoms with van der Waals surface area (Å²) >= 11 is 0. The molecule has 3 nitrogen and oxygen atoms in total. The van der Waals surface area contributed by atoms with Gasteiger partial charge in [-0.2, -0.15) is 0 Å². The molecule has 0 bridgehead atoms. The molecule has 4 heteroatoms. The summed E-state index contributed by atoms with van der Waals surface area (Å²) in [5.41, 5.74) is 4.96. The molecule has 1 heterocycles. The van der Waals surface area contributed by atoms with Gasteiger partial charge in [-0.15, -0.1) is 0 Å². The molecule has 2 saturated carbocycles. The van der Waals surface area contributed by atoms with Crippen molar-refractivity contribution < 1.29 is 4.39 Å². The quantitative estimate of drug-likeness (QED) is 0.437. The van der Waals surface area contributed by atoms with Gasteiger partial charge in [0.1, 0.15) is 5.82 Å². The standard InChI is InChI=1S/C30H40FN3/c1-22-26-15-8-9-16-27(26)32-28(22)30(34(4)25-13-6-5-7-14-25)19-17-29(18-20-30,33(2)3)23-11-10-12-24(31)21-23/h8-12,15-16,21,25,32H,5-7,13-14,17-20H2,1-4H3. The number of nitrogens with one attached hydrogen (secondary N) is 1. The van der Waals surface area contributed by atoms with E-state index in [0.717, 1.165) is 31.2 Å². The lowest BCUT2D eigenvalue weighted by molar-refractivity contribution is -0.0315. The molecule has 2 aromatic carbocycles. The zero-order chi connectivity index (χ0) is 23.9. The van der Waals surface area contributed by atoms with Gasteiger partial charge in [0.05, 0.1) is 5.54 Å². The average Bonchev–Trinajstić information content (AvgIpc) is 3.21. The Labute approximate surface area is 204 Å². The zero-order valence-corrected chi connectivity index (χ0v) is 21.3. The van der Waals surface area contributed by atoms with Crippen molar-refractivity contribution in [3.8, 4) is 0 Å². The van der Waals surface area contributed by atoms with Crippen LogP contribution in [0.3, 0.4) is 0 Å². The normalized spacial score (nSPS) is 26.6. The first-order valence-corrected chi connectivity index (χ1v) is 13.1. The van der Waals surface area contributed by atoms with Crippen LogP contribution in [0, 0.1) is 12.7 Å². The molecule has 2 aliphatic rings. The highest BCUT2D eigenvalue weighted by Crippen LogP contribution is 2.52. The third-order valence-corrected chi connectivity index (χ3v) is 9.35. The van der Waals surface area contributed by atoms with Gasteiger partial charge >= 0.3 is 0 Å². The van der Waals surface area contributed by atoms with Crippen molar-refractivity contribution in [2.45, 2.75) is 81.8 Å². The van der Waals surface area contributed by atoms with Crippen LogP contribution >= 0.6 is 0 Å². The van der Waals surface area contributed by atoms with Crippen molar-refractivity contribution in [2.24, 2.45) is 0 Å². The number of hydrogen-bond donors (Lipinski definition) is 1. The lowest BCUT2D eigenvalue weighted by Crippen LogP contribution is -2.56. The summed E-state index contributed by atoms with van der Waals surface area (Å²) in [7, 11) is 6.71. The number of para-hydroxylation sites is 1. The second-order valence-corrected chi connectivity index (χ2v) is 11.0. The van der Waals surface area contributed by atoms with Crippen LogP contribution < -0.4 is 0 Å². The van der Waals surface area contributed by atoms with Gasteiger partial charge in [0.15, 0.2) is 0 Å². The molecular weight excluding hydrogens is 421 g/mol. The van der Waals surface area contributed by atoms with Crippen molar-refractivity contribution in [2.75, 3.05) is 21.1 Å². The van der Waals surface area contributed by atoms with Crippen molar-refractivity contribution in [3.63, 3.8) is 0 Å². The van der Waals surface area contributed by atoms with E-state index < -0.39 is 0 Å². The van der Waals surface area contributed by atoms with Gasteiger partial charge in [0, 0.05) is 28.2 Å². The van der Waals surface area contributed by atoms with Crippen LogP contribution in [0.5, 0.6) is 0 Å². The predicted octanol–water partition coefficient (Wildman–Crippen LogP) is 7.11. The van der Waals surface area contributed by atoms with Crippen LogP contribution in [0.4, 0.5) is 4.39 Å². The molecule has 0 aliphatic heterocycles. The fraction of sp³-hybridized carbons (Fsp3) is 0.533. The second-order valence-electron chi connectivity index (χ2n) is 11.0. The maximum absolute atomic E-state index is 14.3. The van der Waals surface area contributed by atoms with E-state index in [9.17, 15) is 4.39 Å². The minimum absolute atomic E-state index is 0.0298. The minimum atomic E-state index is -0.140. The van der Waals surface area contributed by atoms with E-state index in [2.05, 4.69) is 73.2 Å². The van der Waals surface area contributed by atoms with E-state index in [1.54, 1.807) is 12.1 Å². The van der Waals surface area contributed by atoms with Gasteiger partial charge in [0.2, 0.25) is 0 Å². The zero-order valence-electron chi connectivity index (χ0n) is 21.3. The summed E-state index contributed by atoms with van der Waals surface area (Å²) in [6.07, 6.45) is 10.8. The molecule has 0 amide bonds. The highest BCUT2D eigenvalue weighted by atomic mass is 19.1. The molecule has 5 rings (SSSR count). The van der Waals surface area contributed by atoms with Crippen molar-refractivity contribution in [3.05, 3.63) is 71.2 Å². The summed E-state index contributed by atoms with van der Waals surface area (Å²) in [5, 5.41) is 1.34. The molecule has 182 valence electrons. The molecule has 0 unspecified atom stereocenters. The van der Waals surface area contributed by atoms with Gasteiger partial charge in [-0.25, -0.2) is 4.39 Å². The van der Waals surface area contributed by atoms with E-state index >= 15 is 0 Å². The number of rotatable bonds is 5. The largest absolute Gasteiger partial charge is 0.357 e. The summed E-state index contributed by atoms with van der Waals surface area (Å²) in [5.74, 6) is -0.138. The van der Waals surface area contributed by atoms with Gasteiger partial charge in [-0.1, -0.05) is 49.6 Å². The van der Waals surface area contributed by atoms with Crippen molar-refractivity contribution >= 4 is 10.9 Å². The predicted molar refractivity (Wildman–Crippen MR) is 140 cm³/mol. The topological polar surface area (TPSA) is 22.3 Å². The summed E-state index contributed by atoms with van der Waals surface area (Å²) < 4.78 is 14.3. The molecule has 1 N–H and O–H groups in total. The summed E-state index contributed by atoms with van der Waals surface area (Å²) in [4.78, 5) is 8.97. The lowest BCUT2D eigenvalue weighted by Gasteiger charge is -2.55. The minimum Gasteiger partial charge on any atom is -0.357 e. The van der Waals surface area contributed by atoms with Crippen LogP contribution in [0.2, 0.25) is 0 Å². The molecule has 2 fully saturated rings. The lowest BCUT2D eigenvalue weighted by atomic mass is 9.66. The first-order chi connectivity index (χ1) is 16.4. The average molecular weight is 462 g/mol. The third-order valence-electron chi connectivity index (χ3n) is 9.35. The van der Waals surface area contributed by atoms with E-state index in [4.69, 9.17) is 0 Å². The molecule has 1 aromatic heterocycles. The molecule has 2 aliphatic carbocycles. The van der Waals surface area contributed by atoms with E-state index in [0.29, 0.717) is 6.04 Å². The van der Waals surface area contributed by atoms with Crippen LogP contribution in [-0.2, 0) is 11.1 Å². The number of nitrogens with zero attached hydrogens (tertiary/aromatic N) is 2. The maximum atomic E-state index is 14.3. The van der Waals surface area contributed by atoms with Crippen molar-refractivity contribution in [1.82, 2.24) is 14.8 Å². The molecular formula is C30H40FN3.